The highest BCUT2D eigenvalue weighted by atomic mass is 16.3. The first-order valence-electron chi connectivity index (χ1n) is 2.23. The molecule has 7 heavy (non-hydrogen) atoms. The highest BCUT2D eigenvalue weighted by Crippen LogP contribution is 1.83. The summed E-state index contributed by atoms with van der Waals surface area (Å²) in [6.45, 7) is 1.39. The van der Waals surface area contributed by atoms with E-state index in [1.165, 1.54) is 0 Å². The Morgan fingerprint density at radius 3 is 2.14 bits per heavy atom. The van der Waals surface area contributed by atoms with Crippen LogP contribution < -0.4 is 5.73 Å². The molecule has 0 aliphatic carbocycles. The Kier molecular flexibility index (Phi) is 2.91. The van der Waals surface area contributed by atoms with E-state index in [1.807, 2.05) is 0 Å². The zero-order valence-electron chi connectivity index (χ0n) is 4.33. The average molecular weight is 105 g/mol. The zero-order chi connectivity index (χ0) is 5.86. The van der Waals surface area contributed by atoms with Crippen LogP contribution in [0.5, 0.6) is 0 Å². The molecule has 3 nitrogen and oxygen atoms in total. The molecule has 44 valence electrons. The van der Waals surface area contributed by atoms with E-state index in [-0.39, 0.29) is 12.6 Å². The van der Waals surface area contributed by atoms with Crippen molar-refractivity contribution in [3.8, 4) is 0 Å². The Bertz CT molecular complexity index is 47.0. The van der Waals surface area contributed by atoms with Gasteiger partial charge >= 0.3 is 0 Å². The molecule has 0 saturated carbocycles. The van der Waals surface area contributed by atoms with E-state index >= 15 is 0 Å². The molecule has 0 spiro atoms. The van der Waals surface area contributed by atoms with Gasteiger partial charge in [-0.2, -0.15) is 0 Å². The van der Waals surface area contributed by atoms with E-state index in [1.54, 1.807) is 6.92 Å². The van der Waals surface area contributed by atoms with Crippen LogP contribution in [0.25, 0.3) is 0 Å². The maximum Gasteiger partial charge on any atom is 0.0918 e. The number of aliphatic hydroxyl groups excluding tert-OH is 2. The molecule has 0 aliphatic heterocycles. The third kappa shape index (κ3) is 2.56. The summed E-state index contributed by atoms with van der Waals surface area (Å²) in [5.74, 6) is 0. The summed E-state index contributed by atoms with van der Waals surface area (Å²) in [4.78, 5) is 0. The minimum absolute atomic E-state index is 0.252. The van der Waals surface area contributed by atoms with Crippen LogP contribution >= 0.6 is 0 Å². The molecule has 3 heteroatoms. The van der Waals surface area contributed by atoms with E-state index in [0.29, 0.717) is 0 Å². The van der Waals surface area contributed by atoms with Crippen molar-refractivity contribution in [3.05, 3.63) is 0 Å². The second-order valence-corrected chi connectivity index (χ2v) is 1.61. The predicted molar refractivity (Wildman–Crippen MR) is 26.7 cm³/mol. The molecule has 0 bridgehead atoms. The molecule has 0 rings (SSSR count). The first-order valence-corrected chi connectivity index (χ1v) is 2.23. The van der Waals surface area contributed by atoms with Crippen molar-refractivity contribution >= 4 is 0 Å². The topological polar surface area (TPSA) is 66.5 Å². The van der Waals surface area contributed by atoms with Crippen molar-refractivity contribution in [2.24, 2.45) is 5.73 Å². The molecule has 0 aliphatic rings. The molecule has 0 aromatic carbocycles. The van der Waals surface area contributed by atoms with Gasteiger partial charge in [0, 0.05) is 6.04 Å². The van der Waals surface area contributed by atoms with Crippen LogP contribution in [0.1, 0.15) is 6.92 Å². The van der Waals surface area contributed by atoms with Crippen molar-refractivity contribution in [1.82, 2.24) is 0 Å². The maximum absolute atomic E-state index is 8.56. The molecule has 0 aromatic heterocycles. The fraction of sp³-hybridized carbons (Fsp3) is 1.00. The summed E-state index contributed by atoms with van der Waals surface area (Å²) in [5, 5.41) is 16.7. The third-order valence-corrected chi connectivity index (χ3v) is 0.794. The minimum atomic E-state index is -0.764. The summed E-state index contributed by atoms with van der Waals surface area (Å²) in [7, 11) is 0. The smallest absolute Gasteiger partial charge is 0.0918 e. The SMILES string of the molecule is C[C@@H](N)[C@H](O)CO. The second kappa shape index (κ2) is 2.96. The lowest BCUT2D eigenvalue weighted by molar-refractivity contribution is 0.0789. The monoisotopic (exact) mass is 105 g/mol. The average Bonchev–Trinajstić information content (AvgIpc) is 1.65. The molecule has 0 aromatic rings. The molecule has 4 N–H and O–H groups in total. The van der Waals surface area contributed by atoms with Crippen LogP contribution in [-0.4, -0.2) is 29.0 Å². The normalized spacial score (nSPS) is 18.9. The van der Waals surface area contributed by atoms with Crippen molar-refractivity contribution in [1.29, 1.82) is 0 Å². The van der Waals surface area contributed by atoms with Gasteiger partial charge in [-0.1, -0.05) is 0 Å². The van der Waals surface area contributed by atoms with Crippen molar-refractivity contribution in [3.63, 3.8) is 0 Å². The predicted octanol–water partition coefficient (Wildman–Crippen LogP) is -1.31. The highest BCUT2D eigenvalue weighted by Gasteiger charge is 2.05. The molecule has 0 radical (unpaired) electrons. The first kappa shape index (κ1) is 6.88. The van der Waals surface area contributed by atoms with Crippen LogP contribution in [0, 0.1) is 0 Å². The second-order valence-electron chi connectivity index (χ2n) is 1.61. The summed E-state index contributed by atoms with van der Waals surface area (Å²) in [5.41, 5.74) is 5.14. The largest absolute Gasteiger partial charge is 0.394 e. The van der Waals surface area contributed by atoms with Gasteiger partial charge in [0.05, 0.1) is 12.7 Å². The Hall–Kier alpha value is -0.120. The fourth-order valence-electron chi connectivity index (χ4n) is 0.166. The lowest BCUT2D eigenvalue weighted by Crippen LogP contribution is -2.33. The molecular formula is C4H11NO2. The molecule has 0 unspecified atom stereocenters. The van der Waals surface area contributed by atoms with Gasteiger partial charge in [0.1, 0.15) is 0 Å². The van der Waals surface area contributed by atoms with Gasteiger partial charge in [-0.25, -0.2) is 0 Å². The van der Waals surface area contributed by atoms with E-state index < -0.39 is 6.10 Å². The lowest BCUT2D eigenvalue weighted by atomic mass is 10.2. The lowest BCUT2D eigenvalue weighted by Gasteiger charge is -2.08. The van der Waals surface area contributed by atoms with Crippen molar-refractivity contribution < 1.29 is 10.2 Å². The number of nitrogens with two attached hydrogens (primary N) is 1. The van der Waals surface area contributed by atoms with Gasteiger partial charge in [-0.15, -0.1) is 0 Å². The van der Waals surface area contributed by atoms with Gasteiger partial charge < -0.3 is 15.9 Å². The number of rotatable bonds is 2. The Morgan fingerprint density at radius 2 is 2.14 bits per heavy atom. The van der Waals surface area contributed by atoms with Crippen LogP contribution in [0.2, 0.25) is 0 Å². The van der Waals surface area contributed by atoms with Crippen molar-refractivity contribution in [2.45, 2.75) is 19.1 Å². The maximum atomic E-state index is 8.56. The summed E-state index contributed by atoms with van der Waals surface area (Å²) >= 11 is 0. The first-order chi connectivity index (χ1) is 3.18. The van der Waals surface area contributed by atoms with E-state index in [2.05, 4.69) is 0 Å². The summed E-state index contributed by atoms with van der Waals surface area (Å²) in [6.07, 6.45) is -0.764. The summed E-state index contributed by atoms with van der Waals surface area (Å²) < 4.78 is 0. The van der Waals surface area contributed by atoms with Crippen LogP contribution in [0.4, 0.5) is 0 Å². The molecule has 0 saturated heterocycles. The van der Waals surface area contributed by atoms with E-state index in [0.717, 1.165) is 0 Å². The van der Waals surface area contributed by atoms with Gasteiger partial charge in [-0.3, -0.25) is 0 Å². The molecule has 0 fully saturated rings. The van der Waals surface area contributed by atoms with Crippen LogP contribution in [-0.2, 0) is 0 Å². The van der Waals surface area contributed by atoms with Crippen LogP contribution in [0.3, 0.4) is 0 Å². The quantitative estimate of drug-likeness (QED) is 0.408. The Balaban J connectivity index is 3.14. The minimum Gasteiger partial charge on any atom is -0.394 e. The van der Waals surface area contributed by atoms with E-state index in [4.69, 9.17) is 15.9 Å². The van der Waals surface area contributed by atoms with Crippen molar-refractivity contribution in [2.75, 3.05) is 6.61 Å². The van der Waals surface area contributed by atoms with Gasteiger partial charge in [-0.05, 0) is 6.92 Å². The number of hydrogen-bond donors (Lipinski definition) is 3. The number of hydrogen-bond acceptors (Lipinski definition) is 3. The fourth-order valence-corrected chi connectivity index (χ4v) is 0.166. The molecule has 0 amide bonds. The highest BCUT2D eigenvalue weighted by molar-refractivity contribution is 4.62. The molecular weight excluding hydrogens is 94.0 g/mol. The summed E-state index contributed by atoms with van der Waals surface area (Å²) in [6, 6.07) is -0.329. The van der Waals surface area contributed by atoms with Gasteiger partial charge in [0.2, 0.25) is 0 Å². The molecule has 2 atom stereocenters. The Labute approximate surface area is 42.8 Å². The van der Waals surface area contributed by atoms with Crippen LogP contribution in [0.15, 0.2) is 0 Å². The molecule has 0 heterocycles. The Morgan fingerprint density at radius 1 is 1.71 bits per heavy atom. The van der Waals surface area contributed by atoms with E-state index in [9.17, 15) is 0 Å². The van der Waals surface area contributed by atoms with Gasteiger partial charge in [0.25, 0.3) is 0 Å². The standard InChI is InChI=1S/C4H11NO2/c1-3(5)4(7)2-6/h3-4,6-7H,2,5H2,1H3/t3-,4-/m1/s1. The third-order valence-electron chi connectivity index (χ3n) is 0.794. The number of aliphatic hydroxyl groups is 2. The van der Waals surface area contributed by atoms with Gasteiger partial charge in [0.15, 0.2) is 0 Å². The zero-order valence-corrected chi connectivity index (χ0v) is 4.33.